The van der Waals surface area contributed by atoms with Crippen LogP contribution >= 0.6 is 11.3 Å². The van der Waals surface area contributed by atoms with E-state index in [-0.39, 0.29) is 6.10 Å². The Kier molecular flexibility index (Phi) is 2.45. The number of piperidine rings is 1. The van der Waals surface area contributed by atoms with Crippen molar-refractivity contribution in [3.63, 3.8) is 0 Å². The van der Waals surface area contributed by atoms with Gasteiger partial charge in [0.2, 0.25) is 5.95 Å². The molecule has 0 saturated carbocycles. The SMILES string of the molecule is OC1CCN(c2ncc3ncsc3n2)CC1. The van der Waals surface area contributed by atoms with Crippen molar-refractivity contribution in [2.75, 3.05) is 18.0 Å². The van der Waals surface area contributed by atoms with Crippen molar-refractivity contribution in [3.8, 4) is 0 Å². The molecule has 84 valence electrons. The van der Waals surface area contributed by atoms with Crippen LogP contribution in [0.3, 0.4) is 0 Å². The Balaban J connectivity index is 1.87. The molecule has 0 radical (unpaired) electrons. The van der Waals surface area contributed by atoms with Crippen LogP contribution < -0.4 is 4.90 Å². The number of hydrogen-bond acceptors (Lipinski definition) is 6. The fourth-order valence-electron chi connectivity index (χ4n) is 1.88. The summed E-state index contributed by atoms with van der Waals surface area (Å²) < 4.78 is 0. The molecular formula is C10H12N4OS. The molecule has 2 aromatic heterocycles. The van der Waals surface area contributed by atoms with Gasteiger partial charge in [0.1, 0.15) is 10.3 Å². The average Bonchev–Trinajstić information content (AvgIpc) is 2.77. The first kappa shape index (κ1) is 9.92. The molecule has 1 N–H and O–H groups in total. The van der Waals surface area contributed by atoms with Crippen molar-refractivity contribution in [3.05, 3.63) is 11.7 Å². The third kappa shape index (κ3) is 1.74. The van der Waals surface area contributed by atoms with Gasteiger partial charge in [-0.2, -0.15) is 0 Å². The molecule has 0 aromatic carbocycles. The quantitative estimate of drug-likeness (QED) is 0.801. The second-order valence-electron chi connectivity index (χ2n) is 3.93. The van der Waals surface area contributed by atoms with Gasteiger partial charge in [0.25, 0.3) is 0 Å². The highest BCUT2D eigenvalue weighted by atomic mass is 32.1. The third-order valence-corrected chi connectivity index (χ3v) is 3.56. The van der Waals surface area contributed by atoms with Gasteiger partial charge in [0.15, 0.2) is 0 Å². The van der Waals surface area contributed by atoms with Crippen molar-refractivity contribution < 1.29 is 5.11 Å². The molecule has 3 rings (SSSR count). The maximum Gasteiger partial charge on any atom is 0.226 e. The molecule has 0 aliphatic carbocycles. The minimum atomic E-state index is -0.164. The fraction of sp³-hybridized carbons (Fsp3) is 0.500. The van der Waals surface area contributed by atoms with Crippen molar-refractivity contribution in [1.29, 1.82) is 0 Å². The first-order valence-electron chi connectivity index (χ1n) is 5.32. The average molecular weight is 236 g/mol. The highest BCUT2D eigenvalue weighted by Crippen LogP contribution is 2.20. The van der Waals surface area contributed by atoms with E-state index in [9.17, 15) is 5.11 Å². The van der Waals surface area contributed by atoms with E-state index in [1.165, 1.54) is 11.3 Å². The van der Waals surface area contributed by atoms with E-state index >= 15 is 0 Å². The first-order valence-corrected chi connectivity index (χ1v) is 6.20. The predicted molar refractivity (Wildman–Crippen MR) is 62.7 cm³/mol. The number of aliphatic hydroxyl groups excluding tert-OH is 1. The molecule has 0 spiro atoms. The summed E-state index contributed by atoms with van der Waals surface area (Å²) in [5, 5.41) is 9.44. The maximum absolute atomic E-state index is 9.44. The van der Waals surface area contributed by atoms with Gasteiger partial charge in [0, 0.05) is 13.1 Å². The molecule has 1 aliphatic heterocycles. The molecule has 3 heterocycles. The number of thiazole rings is 1. The molecule has 0 amide bonds. The standard InChI is InChI=1S/C10H12N4OS/c15-7-1-3-14(4-2-7)10-11-5-8-9(13-10)16-6-12-8/h5-7,15H,1-4H2. The summed E-state index contributed by atoms with van der Waals surface area (Å²) in [5.74, 6) is 0.753. The minimum absolute atomic E-state index is 0.164. The maximum atomic E-state index is 9.44. The van der Waals surface area contributed by atoms with Crippen LogP contribution in [-0.4, -0.2) is 39.3 Å². The van der Waals surface area contributed by atoms with E-state index in [0.29, 0.717) is 0 Å². The second kappa shape index (κ2) is 3.95. The van der Waals surface area contributed by atoms with E-state index in [1.54, 1.807) is 11.7 Å². The molecule has 6 heteroatoms. The lowest BCUT2D eigenvalue weighted by atomic mass is 10.1. The van der Waals surface area contributed by atoms with Gasteiger partial charge in [0.05, 0.1) is 17.8 Å². The zero-order valence-electron chi connectivity index (χ0n) is 8.70. The Bertz CT molecular complexity index is 492. The number of anilines is 1. The van der Waals surface area contributed by atoms with E-state index in [4.69, 9.17) is 0 Å². The van der Waals surface area contributed by atoms with Gasteiger partial charge < -0.3 is 10.0 Å². The van der Waals surface area contributed by atoms with Crippen molar-refractivity contribution in [2.24, 2.45) is 0 Å². The third-order valence-electron chi connectivity index (χ3n) is 2.83. The van der Waals surface area contributed by atoms with Gasteiger partial charge in [-0.1, -0.05) is 0 Å². The molecule has 1 aliphatic rings. The Hall–Kier alpha value is -1.27. The van der Waals surface area contributed by atoms with Crippen LogP contribution in [0.4, 0.5) is 5.95 Å². The Labute approximate surface area is 96.8 Å². The fourth-order valence-corrected chi connectivity index (χ4v) is 2.50. The summed E-state index contributed by atoms with van der Waals surface area (Å²) in [4.78, 5) is 16.0. The summed E-state index contributed by atoms with van der Waals surface area (Å²) in [5.41, 5.74) is 2.63. The zero-order chi connectivity index (χ0) is 11.0. The van der Waals surface area contributed by atoms with Crippen LogP contribution in [0.1, 0.15) is 12.8 Å². The van der Waals surface area contributed by atoms with Crippen molar-refractivity contribution >= 4 is 27.6 Å². The lowest BCUT2D eigenvalue weighted by Crippen LogP contribution is -2.36. The lowest BCUT2D eigenvalue weighted by Gasteiger charge is -2.29. The molecule has 2 aromatic rings. The Morgan fingerprint density at radius 2 is 2.12 bits per heavy atom. The number of fused-ring (bicyclic) bond motifs is 1. The molecular weight excluding hydrogens is 224 g/mol. The smallest absolute Gasteiger partial charge is 0.226 e. The highest BCUT2D eigenvalue weighted by molar-refractivity contribution is 7.16. The molecule has 1 fully saturated rings. The van der Waals surface area contributed by atoms with Crippen LogP contribution in [0.25, 0.3) is 10.3 Å². The Morgan fingerprint density at radius 3 is 2.94 bits per heavy atom. The van der Waals surface area contributed by atoms with Crippen LogP contribution in [0, 0.1) is 0 Å². The molecule has 0 unspecified atom stereocenters. The number of nitrogens with zero attached hydrogens (tertiary/aromatic N) is 4. The van der Waals surface area contributed by atoms with Gasteiger partial charge >= 0.3 is 0 Å². The number of aliphatic hydroxyl groups is 1. The normalized spacial score (nSPS) is 18.2. The summed E-state index contributed by atoms with van der Waals surface area (Å²) in [6.07, 6.45) is 3.19. The summed E-state index contributed by atoms with van der Waals surface area (Å²) in [7, 11) is 0. The predicted octanol–water partition coefficient (Wildman–Crippen LogP) is 1.05. The van der Waals surface area contributed by atoms with E-state index in [1.807, 2.05) is 0 Å². The van der Waals surface area contributed by atoms with Crippen LogP contribution in [0.15, 0.2) is 11.7 Å². The van der Waals surface area contributed by atoms with Crippen LogP contribution in [-0.2, 0) is 0 Å². The summed E-state index contributed by atoms with van der Waals surface area (Å²) in [6, 6.07) is 0. The Morgan fingerprint density at radius 1 is 1.31 bits per heavy atom. The van der Waals surface area contributed by atoms with Gasteiger partial charge in [-0.15, -0.1) is 11.3 Å². The first-order chi connectivity index (χ1) is 7.83. The van der Waals surface area contributed by atoms with E-state index in [2.05, 4.69) is 19.9 Å². The molecule has 5 nitrogen and oxygen atoms in total. The molecule has 16 heavy (non-hydrogen) atoms. The zero-order valence-corrected chi connectivity index (χ0v) is 9.52. The van der Waals surface area contributed by atoms with E-state index in [0.717, 1.165) is 42.2 Å². The van der Waals surface area contributed by atoms with Gasteiger partial charge in [-0.05, 0) is 12.8 Å². The highest BCUT2D eigenvalue weighted by Gasteiger charge is 2.19. The van der Waals surface area contributed by atoms with Crippen LogP contribution in [0.5, 0.6) is 0 Å². The largest absolute Gasteiger partial charge is 0.393 e. The topological polar surface area (TPSA) is 62.1 Å². The number of aromatic nitrogens is 3. The van der Waals surface area contributed by atoms with Crippen molar-refractivity contribution in [1.82, 2.24) is 15.0 Å². The monoisotopic (exact) mass is 236 g/mol. The van der Waals surface area contributed by atoms with Crippen molar-refractivity contribution in [2.45, 2.75) is 18.9 Å². The minimum Gasteiger partial charge on any atom is -0.393 e. The lowest BCUT2D eigenvalue weighted by molar-refractivity contribution is 0.145. The van der Waals surface area contributed by atoms with Crippen LogP contribution in [0.2, 0.25) is 0 Å². The van der Waals surface area contributed by atoms with Gasteiger partial charge in [-0.25, -0.2) is 15.0 Å². The van der Waals surface area contributed by atoms with Gasteiger partial charge in [-0.3, -0.25) is 0 Å². The summed E-state index contributed by atoms with van der Waals surface area (Å²) >= 11 is 1.53. The number of hydrogen-bond donors (Lipinski definition) is 1. The van der Waals surface area contributed by atoms with E-state index < -0.39 is 0 Å². The summed E-state index contributed by atoms with van der Waals surface area (Å²) in [6.45, 7) is 1.65. The molecule has 0 bridgehead atoms. The molecule has 1 saturated heterocycles. The molecule has 0 atom stereocenters. The second-order valence-corrected chi connectivity index (χ2v) is 4.76. The number of rotatable bonds is 1.